The van der Waals surface area contributed by atoms with Gasteiger partial charge in [-0.15, -0.1) is 0 Å². The van der Waals surface area contributed by atoms with Gasteiger partial charge < -0.3 is 39.4 Å². The monoisotopic (exact) mass is 420 g/mol. The molecule has 0 bridgehead atoms. The van der Waals surface area contributed by atoms with Gasteiger partial charge in [0.15, 0.2) is 28.6 Å². The van der Waals surface area contributed by atoms with Crippen LogP contribution in [0.25, 0.3) is 0 Å². The zero-order chi connectivity index (χ0) is 22.1. The quantitative estimate of drug-likeness (QED) is 0.482. The van der Waals surface area contributed by atoms with E-state index in [4.69, 9.17) is 18.9 Å². The van der Waals surface area contributed by atoms with Crippen LogP contribution in [0.3, 0.4) is 0 Å². The van der Waals surface area contributed by atoms with Crippen LogP contribution in [0.15, 0.2) is 30.3 Å². The van der Waals surface area contributed by atoms with E-state index in [1.807, 2.05) is 0 Å². The first-order valence-electron chi connectivity index (χ1n) is 9.09. The molecule has 0 aromatic heterocycles. The molecule has 2 aromatic carbocycles. The van der Waals surface area contributed by atoms with E-state index in [9.17, 15) is 25.2 Å². The molecule has 0 aliphatic carbocycles. The number of cyclic esters (lactones) is 1. The number of carbonyl (C=O) groups excluding carboxylic acids is 1. The Labute approximate surface area is 173 Å². The molecule has 9 nitrogen and oxygen atoms in total. The third-order valence-electron chi connectivity index (χ3n) is 5.29. The number of phenolic OH excluding ortho intramolecular Hbond substituents is 2. The van der Waals surface area contributed by atoms with Crippen molar-refractivity contribution in [3.05, 3.63) is 41.5 Å². The number of ether oxygens (including phenoxy) is 4. The van der Waals surface area contributed by atoms with Gasteiger partial charge in [0.2, 0.25) is 5.75 Å². The van der Waals surface area contributed by atoms with Gasteiger partial charge in [0.25, 0.3) is 0 Å². The fourth-order valence-electron chi connectivity index (χ4n) is 3.56. The summed E-state index contributed by atoms with van der Waals surface area (Å²) in [5.74, 6) is -0.904. The molecule has 162 valence electrons. The van der Waals surface area contributed by atoms with Crippen molar-refractivity contribution in [2.75, 3.05) is 27.9 Å². The van der Waals surface area contributed by atoms with Crippen LogP contribution < -0.4 is 14.2 Å². The van der Waals surface area contributed by atoms with E-state index in [0.29, 0.717) is 11.1 Å². The van der Waals surface area contributed by atoms with Gasteiger partial charge in [-0.3, -0.25) is 0 Å². The lowest BCUT2D eigenvalue weighted by molar-refractivity contribution is -0.163. The van der Waals surface area contributed by atoms with Gasteiger partial charge in [-0.1, -0.05) is 6.07 Å². The summed E-state index contributed by atoms with van der Waals surface area (Å²) >= 11 is 0. The molecule has 2 unspecified atom stereocenters. The van der Waals surface area contributed by atoms with Crippen molar-refractivity contribution >= 4 is 5.97 Å². The van der Waals surface area contributed by atoms with Crippen molar-refractivity contribution in [1.29, 1.82) is 0 Å². The summed E-state index contributed by atoms with van der Waals surface area (Å²) in [6.45, 7) is -0.419. The molecule has 2 aromatic rings. The lowest BCUT2D eigenvalue weighted by Gasteiger charge is -2.34. The van der Waals surface area contributed by atoms with Crippen LogP contribution in [-0.4, -0.2) is 65.5 Å². The van der Waals surface area contributed by atoms with Crippen LogP contribution >= 0.6 is 0 Å². The highest BCUT2D eigenvalue weighted by molar-refractivity contribution is 5.84. The fourth-order valence-corrected chi connectivity index (χ4v) is 3.56. The Morgan fingerprint density at radius 1 is 0.900 bits per heavy atom. The number of carbonyl (C=O) groups is 1. The van der Waals surface area contributed by atoms with Crippen molar-refractivity contribution in [2.24, 2.45) is 0 Å². The molecule has 1 aliphatic heterocycles. The number of phenols is 2. The first-order chi connectivity index (χ1) is 14.2. The summed E-state index contributed by atoms with van der Waals surface area (Å²) in [6.07, 6.45) is -0.456. The highest BCUT2D eigenvalue weighted by Gasteiger charge is 2.61. The zero-order valence-corrected chi connectivity index (χ0v) is 16.8. The largest absolute Gasteiger partial charge is 0.504 e. The van der Waals surface area contributed by atoms with Crippen molar-refractivity contribution in [2.45, 2.75) is 24.0 Å². The average molecular weight is 420 g/mol. The molecule has 1 heterocycles. The predicted octanol–water partition coefficient (Wildman–Crippen LogP) is 0.928. The van der Waals surface area contributed by atoms with Crippen LogP contribution in [0, 0.1) is 0 Å². The third kappa shape index (κ3) is 3.57. The summed E-state index contributed by atoms with van der Waals surface area (Å²) in [6, 6.07) is 7.32. The van der Waals surface area contributed by atoms with Gasteiger partial charge in [0.05, 0.1) is 21.3 Å². The van der Waals surface area contributed by atoms with E-state index in [1.165, 1.54) is 45.6 Å². The average Bonchev–Trinajstić information content (AvgIpc) is 2.94. The minimum absolute atomic E-state index is 0.0782. The molecular formula is C21H24O9. The summed E-state index contributed by atoms with van der Waals surface area (Å²) in [4.78, 5) is 12.5. The minimum Gasteiger partial charge on any atom is -0.504 e. The number of aromatic hydroxyl groups is 2. The predicted molar refractivity (Wildman–Crippen MR) is 104 cm³/mol. The maximum atomic E-state index is 12.5. The Kier molecular flexibility index (Phi) is 5.69. The highest BCUT2D eigenvalue weighted by Crippen LogP contribution is 2.42. The van der Waals surface area contributed by atoms with Gasteiger partial charge in [0.1, 0.15) is 12.2 Å². The number of esters is 1. The Morgan fingerprint density at radius 3 is 2.03 bits per heavy atom. The van der Waals surface area contributed by atoms with Crippen LogP contribution in [0.2, 0.25) is 0 Å². The number of hydrogen-bond acceptors (Lipinski definition) is 9. The second-order valence-corrected chi connectivity index (χ2v) is 7.18. The van der Waals surface area contributed by atoms with Gasteiger partial charge >= 0.3 is 5.97 Å². The van der Waals surface area contributed by atoms with Crippen LogP contribution in [0.4, 0.5) is 0 Å². The van der Waals surface area contributed by atoms with Gasteiger partial charge in [-0.25, -0.2) is 4.79 Å². The number of methoxy groups -OCH3 is 3. The highest BCUT2D eigenvalue weighted by atomic mass is 16.6. The third-order valence-corrected chi connectivity index (χ3v) is 5.29. The molecule has 3 rings (SSSR count). The second kappa shape index (κ2) is 7.92. The smallest absolute Gasteiger partial charge is 0.341 e. The van der Waals surface area contributed by atoms with E-state index in [0.717, 1.165) is 0 Å². The molecular weight excluding hydrogens is 396 g/mol. The molecule has 0 amide bonds. The Bertz CT molecular complexity index is 932. The van der Waals surface area contributed by atoms with Gasteiger partial charge in [0, 0.05) is 12.8 Å². The van der Waals surface area contributed by atoms with Crippen LogP contribution in [0.5, 0.6) is 28.7 Å². The molecule has 4 N–H and O–H groups in total. The molecule has 2 atom stereocenters. The van der Waals surface area contributed by atoms with Crippen molar-refractivity contribution < 1.29 is 44.2 Å². The first kappa shape index (κ1) is 21.5. The maximum Gasteiger partial charge on any atom is 0.341 e. The number of benzene rings is 2. The van der Waals surface area contributed by atoms with Crippen molar-refractivity contribution in [1.82, 2.24) is 0 Å². The maximum absolute atomic E-state index is 12.5. The molecule has 1 aliphatic rings. The molecule has 9 heteroatoms. The van der Waals surface area contributed by atoms with E-state index in [2.05, 4.69) is 0 Å². The standard InChI is InChI=1S/C21H24O9/c1-27-15-6-12(4-5-14(15)22)9-20(25)11-30-19(24)21(20,26)10-13-7-16(28-2)18(23)17(8-13)29-3/h4-8,22-23,25-26H,9-11H2,1-3H3. The number of aliphatic hydroxyl groups is 2. The van der Waals surface area contributed by atoms with Gasteiger partial charge in [-0.05, 0) is 35.4 Å². The normalized spacial score (nSPS) is 23.2. The summed E-state index contributed by atoms with van der Waals surface area (Å²) < 4.78 is 20.3. The van der Waals surface area contributed by atoms with Crippen molar-refractivity contribution in [3.63, 3.8) is 0 Å². The molecule has 30 heavy (non-hydrogen) atoms. The fraction of sp³-hybridized carbons (Fsp3) is 0.381. The van der Waals surface area contributed by atoms with Crippen LogP contribution in [-0.2, 0) is 22.4 Å². The topological polar surface area (TPSA) is 135 Å². The Balaban J connectivity index is 1.97. The molecule has 0 spiro atoms. The second-order valence-electron chi connectivity index (χ2n) is 7.18. The lowest BCUT2D eigenvalue weighted by Crippen LogP contribution is -2.58. The van der Waals surface area contributed by atoms with Crippen LogP contribution in [0.1, 0.15) is 11.1 Å². The summed E-state index contributed by atoms with van der Waals surface area (Å²) in [5, 5.41) is 42.3. The number of hydrogen-bond donors (Lipinski definition) is 4. The summed E-state index contributed by atoms with van der Waals surface area (Å²) in [5.41, 5.74) is -3.33. The van der Waals surface area contributed by atoms with E-state index in [-0.39, 0.29) is 41.6 Å². The SMILES string of the molecule is COc1cc(CC2(O)COC(=O)C2(O)Cc2cc(OC)c(O)c(OC)c2)ccc1O. The molecule has 1 fully saturated rings. The zero-order valence-electron chi connectivity index (χ0n) is 16.8. The Morgan fingerprint density at radius 2 is 1.47 bits per heavy atom. The molecule has 0 saturated carbocycles. The molecule has 1 saturated heterocycles. The first-order valence-corrected chi connectivity index (χ1v) is 9.09. The van der Waals surface area contributed by atoms with E-state index in [1.54, 1.807) is 6.07 Å². The van der Waals surface area contributed by atoms with Gasteiger partial charge in [-0.2, -0.15) is 0 Å². The number of rotatable bonds is 7. The molecule has 0 radical (unpaired) electrons. The lowest BCUT2D eigenvalue weighted by atomic mass is 9.77. The van der Waals surface area contributed by atoms with E-state index < -0.39 is 23.8 Å². The van der Waals surface area contributed by atoms with Crippen molar-refractivity contribution in [3.8, 4) is 28.7 Å². The Hall–Kier alpha value is -3.17. The minimum atomic E-state index is -2.27. The van der Waals surface area contributed by atoms with E-state index >= 15 is 0 Å². The summed E-state index contributed by atoms with van der Waals surface area (Å²) in [7, 11) is 4.09.